The zero-order chi connectivity index (χ0) is 22.8. The van der Waals surface area contributed by atoms with E-state index in [0.717, 1.165) is 23.4 Å². The van der Waals surface area contributed by atoms with Crippen molar-refractivity contribution in [2.24, 2.45) is 5.41 Å². The second kappa shape index (κ2) is 9.04. The van der Waals surface area contributed by atoms with E-state index in [0.29, 0.717) is 18.7 Å². The zero-order valence-corrected chi connectivity index (χ0v) is 18.8. The first-order chi connectivity index (χ1) is 14.6. The van der Waals surface area contributed by atoms with Crippen molar-refractivity contribution in [1.29, 1.82) is 0 Å². The van der Waals surface area contributed by atoms with Gasteiger partial charge in [-0.25, -0.2) is 8.78 Å². The Balaban J connectivity index is 2.21. The third kappa shape index (κ3) is 5.04. The Labute approximate surface area is 183 Å². The van der Waals surface area contributed by atoms with Gasteiger partial charge >= 0.3 is 0 Å². The molecule has 0 radical (unpaired) electrons. The Morgan fingerprint density at radius 1 is 1.06 bits per heavy atom. The lowest BCUT2D eigenvalue weighted by molar-refractivity contribution is -0.133. The summed E-state index contributed by atoms with van der Waals surface area (Å²) in [6.45, 7) is 10.9. The van der Waals surface area contributed by atoms with Gasteiger partial charge in [0.25, 0.3) is 0 Å². The lowest BCUT2D eigenvalue weighted by Gasteiger charge is -2.40. The Morgan fingerprint density at radius 2 is 1.74 bits per heavy atom. The molecular formula is C26H30F2N2O. The highest BCUT2D eigenvalue weighted by molar-refractivity contribution is 5.74. The molecule has 1 atom stereocenters. The molecular weight excluding hydrogens is 394 g/mol. The van der Waals surface area contributed by atoms with E-state index in [1.807, 2.05) is 54.4 Å². The molecule has 0 fully saturated rings. The molecule has 2 aromatic carbocycles. The molecule has 31 heavy (non-hydrogen) atoms. The Kier molecular flexibility index (Phi) is 6.63. The fourth-order valence-corrected chi connectivity index (χ4v) is 4.20. The highest BCUT2D eigenvalue weighted by Crippen LogP contribution is 2.40. The number of aromatic nitrogens is 1. The first-order valence-electron chi connectivity index (χ1n) is 10.6. The van der Waals surface area contributed by atoms with Crippen LogP contribution in [0.3, 0.4) is 0 Å². The molecule has 0 N–H and O–H groups in total. The molecule has 5 heteroatoms. The lowest BCUT2D eigenvalue weighted by Crippen LogP contribution is -2.40. The summed E-state index contributed by atoms with van der Waals surface area (Å²) < 4.78 is 30.5. The van der Waals surface area contributed by atoms with E-state index in [4.69, 9.17) is 0 Å². The maximum atomic E-state index is 14.6. The van der Waals surface area contributed by atoms with Gasteiger partial charge in [0, 0.05) is 43.0 Å². The van der Waals surface area contributed by atoms with Crippen LogP contribution in [0.15, 0.2) is 60.8 Å². The molecule has 0 aliphatic heterocycles. The van der Waals surface area contributed by atoms with Gasteiger partial charge in [0.15, 0.2) is 0 Å². The van der Waals surface area contributed by atoms with Gasteiger partial charge in [-0.15, -0.1) is 0 Å². The highest BCUT2D eigenvalue weighted by Gasteiger charge is 2.35. The van der Waals surface area contributed by atoms with Crippen molar-refractivity contribution in [3.63, 3.8) is 0 Å². The molecule has 0 aliphatic rings. The number of benzene rings is 2. The van der Waals surface area contributed by atoms with Crippen LogP contribution in [-0.4, -0.2) is 21.9 Å². The van der Waals surface area contributed by atoms with Crippen LogP contribution in [0.2, 0.25) is 0 Å². The van der Waals surface area contributed by atoms with Gasteiger partial charge in [-0.2, -0.15) is 0 Å². The van der Waals surface area contributed by atoms with Crippen molar-refractivity contribution in [2.45, 2.75) is 47.2 Å². The Bertz CT molecular complexity index is 1050. The number of carbonyl (C=O) groups is 1. The molecule has 0 saturated heterocycles. The van der Waals surface area contributed by atoms with Crippen LogP contribution in [0.1, 0.15) is 51.9 Å². The second-order valence-electron chi connectivity index (χ2n) is 8.96. The van der Waals surface area contributed by atoms with Crippen LogP contribution in [0.5, 0.6) is 0 Å². The fourth-order valence-electron chi connectivity index (χ4n) is 4.20. The molecule has 0 bridgehead atoms. The van der Waals surface area contributed by atoms with Gasteiger partial charge in [-0.05, 0) is 42.2 Å². The van der Waals surface area contributed by atoms with Gasteiger partial charge < -0.3 is 9.47 Å². The molecule has 0 saturated carbocycles. The zero-order valence-electron chi connectivity index (χ0n) is 18.8. The number of hydrogen-bond donors (Lipinski definition) is 0. The first kappa shape index (κ1) is 22.7. The average Bonchev–Trinajstić information content (AvgIpc) is 3.10. The van der Waals surface area contributed by atoms with Crippen LogP contribution in [0.25, 0.3) is 11.1 Å². The highest BCUT2D eigenvalue weighted by atomic mass is 19.1. The van der Waals surface area contributed by atoms with Crippen LogP contribution in [0.4, 0.5) is 8.78 Å². The molecule has 0 aliphatic carbocycles. The van der Waals surface area contributed by atoms with Crippen molar-refractivity contribution in [1.82, 2.24) is 9.47 Å². The number of hydrogen-bond acceptors (Lipinski definition) is 1. The van der Waals surface area contributed by atoms with Crippen LogP contribution < -0.4 is 0 Å². The first-order valence-corrected chi connectivity index (χ1v) is 10.6. The average molecular weight is 425 g/mol. The minimum Gasteiger partial charge on any atom is -0.344 e. The molecule has 1 unspecified atom stereocenters. The normalized spacial score (nSPS) is 12.6. The summed E-state index contributed by atoms with van der Waals surface area (Å²) in [7, 11) is 0. The fraction of sp³-hybridized carbons (Fsp3) is 0.346. The maximum absolute atomic E-state index is 14.6. The van der Waals surface area contributed by atoms with Gasteiger partial charge in [0.1, 0.15) is 11.6 Å². The third-order valence-electron chi connectivity index (χ3n) is 5.52. The number of rotatable bonds is 6. The topological polar surface area (TPSA) is 25.2 Å². The molecule has 0 spiro atoms. The van der Waals surface area contributed by atoms with E-state index < -0.39 is 11.6 Å². The third-order valence-corrected chi connectivity index (χ3v) is 5.52. The van der Waals surface area contributed by atoms with E-state index in [9.17, 15) is 13.6 Å². The van der Waals surface area contributed by atoms with Crippen molar-refractivity contribution >= 4 is 5.91 Å². The summed E-state index contributed by atoms with van der Waals surface area (Å²) in [4.78, 5) is 14.3. The number of nitrogens with zero attached hydrogens (tertiary/aromatic N) is 2. The predicted octanol–water partition coefficient (Wildman–Crippen LogP) is 6.44. The van der Waals surface area contributed by atoms with E-state index in [1.54, 1.807) is 6.92 Å². The number of halogens is 2. The summed E-state index contributed by atoms with van der Waals surface area (Å²) in [6.07, 6.45) is 1.85. The van der Waals surface area contributed by atoms with Gasteiger partial charge in [0.05, 0.1) is 6.04 Å². The molecule has 164 valence electrons. The summed E-state index contributed by atoms with van der Waals surface area (Å²) >= 11 is 0. The van der Waals surface area contributed by atoms with Crippen molar-refractivity contribution < 1.29 is 13.6 Å². The van der Waals surface area contributed by atoms with Gasteiger partial charge in [-0.3, -0.25) is 4.79 Å². The lowest BCUT2D eigenvalue weighted by atomic mass is 9.83. The smallest absolute Gasteiger partial charge is 0.220 e. The minimum atomic E-state index is -0.486. The monoisotopic (exact) mass is 424 g/mol. The Morgan fingerprint density at radius 3 is 2.32 bits per heavy atom. The standard InChI is InChI=1S/C26H30F2N2O/c1-6-30(18(2)31)25(26(3,4)5)24-14-20(22-15-21(27)12-13-23(22)28)17-29(24)16-19-10-8-7-9-11-19/h7-15,17,25H,6,16H2,1-5H3. The van der Waals surface area contributed by atoms with Crippen molar-refractivity contribution in [3.05, 3.63) is 83.7 Å². The number of carbonyl (C=O) groups excluding carboxylic acids is 1. The van der Waals surface area contributed by atoms with E-state index >= 15 is 0 Å². The second-order valence-corrected chi connectivity index (χ2v) is 8.96. The van der Waals surface area contributed by atoms with Crippen LogP contribution in [-0.2, 0) is 11.3 Å². The molecule has 1 amide bonds. The van der Waals surface area contributed by atoms with E-state index in [-0.39, 0.29) is 22.9 Å². The molecule has 1 heterocycles. The quantitative estimate of drug-likeness (QED) is 0.447. The number of amides is 1. The molecule has 3 aromatic rings. The summed E-state index contributed by atoms with van der Waals surface area (Å²) in [5, 5.41) is 0. The van der Waals surface area contributed by atoms with Crippen LogP contribution in [0, 0.1) is 17.0 Å². The van der Waals surface area contributed by atoms with Gasteiger partial charge in [0.2, 0.25) is 5.91 Å². The molecule has 3 nitrogen and oxygen atoms in total. The van der Waals surface area contributed by atoms with Crippen molar-refractivity contribution in [2.75, 3.05) is 6.54 Å². The van der Waals surface area contributed by atoms with E-state index in [1.165, 1.54) is 6.07 Å². The van der Waals surface area contributed by atoms with Crippen molar-refractivity contribution in [3.8, 4) is 11.1 Å². The Hall–Kier alpha value is -2.95. The van der Waals surface area contributed by atoms with Crippen LogP contribution >= 0.6 is 0 Å². The molecule has 1 aromatic heterocycles. The predicted molar refractivity (Wildman–Crippen MR) is 121 cm³/mol. The summed E-state index contributed by atoms with van der Waals surface area (Å²) in [5.74, 6) is -0.982. The van der Waals surface area contributed by atoms with Gasteiger partial charge in [-0.1, -0.05) is 51.1 Å². The summed E-state index contributed by atoms with van der Waals surface area (Å²) in [5.41, 5.74) is 2.52. The molecule has 3 rings (SSSR count). The largest absolute Gasteiger partial charge is 0.344 e. The SMILES string of the molecule is CCN(C(C)=O)C(c1cc(-c2cc(F)ccc2F)cn1Cc1ccccc1)C(C)(C)C. The minimum absolute atomic E-state index is 0.0200. The summed E-state index contributed by atoms with van der Waals surface area (Å²) in [6, 6.07) is 15.1. The van der Waals surface area contributed by atoms with E-state index in [2.05, 4.69) is 25.3 Å². The maximum Gasteiger partial charge on any atom is 0.220 e.